The van der Waals surface area contributed by atoms with Gasteiger partial charge in [-0.15, -0.1) is 0 Å². The normalized spacial score (nSPS) is 10.5. The zero-order valence-electron chi connectivity index (χ0n) is 9.37. The molecule has 0 amide bonds. The number of carboxylic acids is 1. The molecular weight excluding hydrogens is 228 g/mol. The van der Waals surface area contributed by atoms with Crippen molar-refractivity contribution >= 4 is 17.6 Å². The first kappa shape index (κ1) is 12.8. The van der Waals surface area contributed by atoms with Crippen molar-refractivity contribution in [2.75, 3.05) is 6.61 Å². The topological polar surface area (TPSA) is 46.5 Å². The Kier molecular flexibility index (Phi) is 4.62. The molecule has 3 nitrogen and oxygen atoms in total. The number of carbonyl (C=O) groups is 1. The molecule has 1 aromatic rings. The number of aromatic carboxylic acids is 1. The monoisotopic (exact) mass is 242 g/mol. The summed E-state index contributed by atoms with van der Waals surface area (Å²) < 4.78 is 5.43. The second-order valence-electron chi connectivity index (χ2n) is 3.95. The minimum absolute atomic E-state index is 0.108. The molecule has 0 spiro atoms. The van der Waals surface area contributed by atoms with E-state index in [2.05, 4.69) is 13.8 Å². The van der Waals surface area contributed by atoms with Crippen LogP contribution in [0.1, 0.15) is 30.6 Å². The molecule has 0 heterocycles. The Morgan fingerprint density at radius 1 is 1.50 bits per heavy atom. The fourth-order valence-corrected chi connectivity index (χ4v) is 1.45. The van der Waals surface area contributed by atoms with Crippen molar-refractivity contribution in [3.63, 3.8) is 0 Å². The van der Waals surface area contributed by atoms with Crippen LogP contribution in [-0.2, 0) is 0 Å². The van der Waals surface area contributed by atoms with E-state index in [0.717, 1.165) is 6.42 Å². The molecule has 0 saturated heterocycles. The van der Waals surface area contributed by atoms with Crippen molar-refractivity contribution in [2.24, 2.45) is 5.92 Å². The number of carboxylic acid groups (broad SMARTS) is 1. The summed E-state index contributed by atoms with van der Waals surface area (Å²) in [5.74, 6) is -0.255. The van der Waals surface area contributed by atoms with Crippen molar-refractivity contribution in [1.82, 2.24) is 0 Å². The maximum atomic E-state index is 10.9. The van der Waals surface area contributed by atoms with Gasteiger partial charge in [-0.3, -0.25) is 0 Å². The first-order chi connectivity index (χ1) is 7.52. The van der Waals surface area contributed by atoms with Gasteiger partial charge in [0, 0.05) is 0 Å². The van der Waals surface area contributed by atoms with Crippen LogP contribution in [0.5, 0.6) is 5.75 Å². The zero-order chi connectivity index (χ0) is 12.1. The molecule has 0 aliphatic carbocycles. The van der Waals surface area contributed by atoms with Crippen LogP contribution >= 0.6 is 11.6 Å². The van der Waals surface area contributed by atoms with Crippen LogP contribution in [-0.4, -0.2) is 17.7 Å². The van der Waals surface area contributed by atoms with Crippen LogP contribution in [0.3, 0.4) is 0 Å². The third-order valence-electron chi connectivity index (χ3n) is 2.14. The summed E-state index contributed by atoms with van der Waals surface area (Å²) in [4.78, 5) is 10.9. The minimum Gasteiger partial charge on any atom is -0.491 e. The third-order valence-corrected chi connectivity index (χ3v) is 2.44. The van der Waals surface area contributed by atoms with Gasteiger partial charge < -0.3 is 9.84 Å². The van der Waals surface area contributed by atoms with Gasteiger partial charge in [0.25, 0.3) is 0 Å². The van der Waals surface area contributed by atoms with Crippen molar-refractivity contribution in [3.8, 4) is 5.75 Å². The van der Waals surface area contributed by atoms with Crippen LogP contribution in [0.15, 0.2) is 18.2 Å². The van der Waals surface area contributed by atoms with E-state index in [4.69, 9.17) is 21.4 Å². The van der Waals surface area contributed by atoms with Gasteiger partial charge in [-0.1, -0.05) is 31.5 Å². The van der Waals surface area contributed by atoms with Gasteiger partial charge in [0.2, 0.25) is 0 Å². The van der Waals surface area contributed by atoms with E-state index in [0.29, 0.717) is 17.5 Å². The highest BCUT2D eigenvalue weighted by molar-refractivity contribution is 6.32. The maximum absolute atomic E-state index is 10.9. The largest absolute Gasteiger partial charge is 0.491 e. The van der Waals surface area contributed by atoms with Crippen LogP contribution < -0.4 is 4.74 Å². The lowest BCUT2D eigenvalue weighted by molar-refractivity contribution is 0.0692. The minimum atomic E-state index is -1.03. The highest BCUT2D eigenvalue weighted by Crippen LogP contribution is 2.28. The molecule has 0 atom stereocenters. The van der Waals surface area contributed by atoms with Gasteiger partial charge in [0.15, 0.2) is 5.75 Å². The van der Waals surface area contributed by atoms with Crippen molar-refractivity contribution in [1.29, 1.82) is 0 Å². The Hall–Kier alpha value is -1.22. The van der Waals surface area contributed by atoms with Gasteiger partial charge in [0.05, 0.1) is 11.6 Å². The number of hydrogen-bond acceptors (Lipinski definition) is 2. The van der Waals surface area contributed by atoms with Crippen molar-refractivity contribution < 1.29 is 14.6 Å². The molecule has 1 aromatic carbocycles. The summed E-state index contributed by atoms with van der Waals surface area (Å²) in [6, 6.07) is 4.71. The first-order valence-corrected chi connectivity index (χ1v) is 5.54. The summed E-state index contributed by atoms with van der Waals surface area (Å²) >= 11 is 5.90. The lowest BCUT2D eigenvalue weighted by Crippen LogP contribution is -2.06. The fourth-order valence-electron chi connectivity index (χ4n) is 1.22. The van der Waals surface area contributed by atoms with Gasteiger partial charge >= 0.3 is 5.97 Å². The number of halogens is 1. The van der Waals surface area contributed by atoms with E-state index in [9.17, 15) is 4.79 Å². The number of hydrogen-bond donors (Lipinski definition) is 1. The van der Waals surface area contributed by atoms with Crippen molar-refractivity contribution in [2.45, 2.75) is 20.3 Å². The molecule has 0 aromatic heterocycles. The molecule has 0 aliphatic heterocycles. The van der Waals surface area contributed by atoms with Crippen LogP contribution in [0, 0.1) is 5.92 Å². The quantitative estimate of drug-likeness (QED) is 0.860. The Balaban J connectivity index is 2.80. The molecule has 88 valence electrons. The summed E-state index contributed by atoms with van der Waals surface area (Å²) in [7, 11) is 0. The maximum Gasteiger partial charge on any atom is 0.339 e. The fraction of sp³-hybridized carbons (Fsp3) is 0.417. The Labute approximate surface area is 100.0 Å². The average molecular weight is 243 g/mol. The highest BCUT2D eigenvalue weighted by atomic mass is 35.5. The van der Waals surface area contributed by atoms with E-state index in [1.165, 1.54) is 6.07 Å². The van der Waals surface area contributed by atoms with Gasteiger partial charge in [-0.2, -0.15) is 0 Å². The van der Waals surface area contributed by atoms with E-state index >= 15 is 0 Å². The molecule has 0 fully saturated rings. The van der Waals surface area contributed by atoms with E-state index < -0.39 is 5.97 Å². The summed E-state index contributed by atoms with van der Waals surface area (Å²) in [5.41, 5.74) is 0.108. The van der Waals surface area contributed by atoms with Gasteiger partial charge in [-0.25, -0.2) is 4.79 Å². The smallest absolute Gasteiger partial charge is 0.339 e. The Bertz CT molecular complexity index is 375. The van der Waals surface area contributed by atoms with Crippen LogP contribution in [0.25, 0.3) is 0 Å². The molecule has 1 rings (SSSR count). The SMILES string of the molecule is CC(C)CCOc1c(Cl)cccc1C(=O)O. The molecule has 16 heavy (non-hydrogen) atoms. The third kappa shape index (κ3) is 3.42. The van der Waals surface area contributed by atoms with E-state index in [1.54, 1.807) is 12.1 Å². The lowest BCUT2D eigenvalue weighted by atomic mass is 10.1. The second-order valence-corrected chi connectivity index (χ2v) is 4.36. The molecule has 0 bridgehead atoms. The zero-order valence-corrected chi connectivity index (χ0v) is 10.1. The molecule has 0 radical (unpaired) electrons. The molecule has 1 N–H and O–H groups in total. The highest BCUT2D eigenvalue weighted by Gasteiger charge is 2.14. The molecule has 0 unspecified atom stereocenters. The molecule has 0 aliphatic rings. The Morgan fingerprint density at radius 2 is 2.19 bits per heavy atom. The lowest BCUT2D eigenvalue weighted by Gasteiger charge is -2.11. The predicted octanol–water partition coefficient (Wildman–Crippen LogP) is 3.46. The van der Waals surface area contributed by atoms with E-state index in [1.807, 2.05) is 0 Å². The number of para-hydroxylation sites is 1. The van der Waals surface area contributed by atoms with Gasteiger partial charge in [0.1, 0.15) is 5.56 Å². The molecular formula is C12H15ClO3. The number of benzene rings is 1. The van der Waals surface area contributed by atoms with Crippen molar-refractivity contribution in [3.05, 3.63) is 28.8 Å². The second kappa shape index (κ2) is 5.75. The summed E-state index contributed by atoms with van der Waals surface area (Å²) in [5, 5.41) is 9.30. The summed E-state index contributed by atoms with van der Waals surface area (Å²) in [6.45, 7) is 4.63. The Morgan fingerprint density at radius 3 is 2.75 bits per heavy atom. The van der Waals surface area contributed by atoms with Crippen LogP contribution in [0.4, 0.5) is 0 Å². The molecule has 4 heteroatoms. The number of rotatable bonds is 5. The standard InChI is InChI=1S/C12H15ClO3/c1-8(2)6-7-16-11-9(12(14)15)4-3-5-10(11)13/h3-5,8H,6-7H2,1-2H3,(H,14,15). The predicted molar refractivity (Wildman–Crippen MR) is 63.4 cm³/mol. The summed E-state index contributed by atoms with van der Waals surface area (Å²) in [6.07, 6.45) is 0.865. The number of ether oxygens (including phenoxy) is 1. The first-order valence-electron chi connectivity index (χ1n) is 5.17. The van der Waals surface area contributed by atoms with E-state index in [-0.39, 0.29) is 11.3 Å². The molecule has 0 saturated carbocycles. The van der Waals surface area contributed by atoms with Gasteiger partial charge in [-0.05, 0) is 24.5 Å². The van der Waals surface area contributed by atoms with Crippen LogP contribution in [0.2, 0.25) is 5.02 Å². The average Bonchev–Trinajstić information content (AvgIpc) is 2.19.